The van der Waals surface area contributed by atoms with Crippen molar-refractivity contribution in [1.82, 2.24) is 0 Å². The van der Waals surface area contributed by atoms with E-state index in [-0.39, 0.29) is 18.4 Å². The van der Waals surface area contributed by atoms with Crippen LogP contribution in [0, 0.1) is 0 Å². The maximum Gasteiger partial charge on any atom is 0.265 e. The Kier molecular flexibility index (Phi) is 6.95. The van der Waals surface area contributed by atoms with Crippen molar-refractivity contribution in [2.75, 3.05) is 37.6 Å². The van der Waals surface area contributed by atoms with Crippen LogP contribution in [0.25, 0.3) is 6.08 Å². The summed E-state index contributed by atoms with van der Waals surface area (Å²) in [5.41, 5.74) is 2.08. The number of hydrogen-bond donors (Lipinski definition) is 1. The molecule has 0 aromatic heterocycles. The Bertz CT molecular complexity index is 955. The summed E-state index contributed by atoms with van der Waals surface area (Å²) in [4.78, 5) is 26.3. The van der Waals surface area contributed by atoms with E-state index in [2.05, 4.69) is 12.2 Å². The van der Waals surface area contributed by atoms with Crippen LogP contribution in [0.5, 0.6) is 17.2 Å². The summed E-state index contributed by atoms with van der Waals surface area (Å²) in [5.74, 6) is 1.49. The molecule has 7 heteroatoms. The molecule has 0 saturated heterocycles. The van der Waals surface area contributed by atoms with Gasteiger partial charge in [0.2, 0.25) is 5.91 Å². The van der Waals surface area contributed by atoms with Crippen molar-refractivity contribution in [2.24, 2.45) is 0 Å². The average molecular weight is 410 g/mol. The fraction of sp³-hybridized carbons (Fsp3) is 0.304. The van der Waals surface area contributed by atoms with Gasteiger partial charge in [0.15, 0.2) is 18.1 Å². The number of rotatable bonds is 8. The van der Waals surface area contributed by atoms with Crippen molar-refractivity contribution in [1.29, 1.82) is 0 Å². The molecule has 30 heavy (non-hydrogen) atoms. The summed E-state index contributed by atoms with van der Waals surface area (Å²) in [5, 5.41) is 2.83. The van der Waals surface area contributed by atoms with Gasteiger partial charge in [-0.1, -0.05) is 19.4 Å². The molecular weight excluding hydrogens is 384 g/mol. The van der Waals surface area contributed by atoms with Crippen molar-refractivity contribution in [3.05, 3.63) is 48.0 Å². The predicted molar refractivity (Wildman–Crippen MR) is 116 cm³/mol. The first-order valence-corrected chi connectivity index (χ1v) is 9.84. The van der Waals surface area contributed by atoms with Gasteiger partial charge in [0, 0.05) is 18.3 Å². The van der Waals surface area contributed by atoms with E-state index in [0.717, 1.165) is 18.4 Å². The lowest BCUT2D eigenvalue weighted by Gasteiger charge is -2.29. The average Bonchev–Trinajstić information content (AvgIpc) is 2.76. The summed E-state index contributed by atoms with van der Waals surface area (Å²) in [7, 11) is 3.13. The van der Waals surface area contributed by atoms with Crippen LogP contribution >= 0.6 is 0 Å². The molecule has 0 spiro atoms. The summed E-state index contributed by atoms with van der Waals surface area (Å²) in [6.45, 7) is 2.74. The summed E-state index contributed by atoms with van der Waals surface area (Å²) >= 11 is 0. The van der Waals surface area contributed by atoms with E-state index in [1.165, 1.54) is 6.08 Å². The molecular formula is C23H26N2O5. The maximum atomic E-state index is 12.4. The first kappa shape index (κ1) is 21.2. The van der Waals surface area contributed by atoms with Gasteiger partial charge in [0.1, 0.15) is 5.75 Å². The monoisotopic (exact) mass is 410 g/mol. The molecule has 2 amide bonds. The van der Waals surface area contributed by atoms with Crippen molar-refractivity contribution >= 4 is 29.3 Å². The van der Waals surface area contributed by atoms with Crippen molar-refractivity contribution in [3.63, 3.8) is 0 Å². The lowest BCUT2D eigenvalue weighted by molar-refractivity contribution is -0.121. The molecule has 0 bridgehead atoms. The van der Waals surface area contributed by atoms with Crippen LogP contribution in [0.1, 0.15) is 25.3 Å². The third kappa shape index (κ3) is 4.92. The molecule has 0 fully saturated rings. The molecule has 0 unspecified atom stereocenters. The zero-order valence-corrected chi connectivity index (χ0v) is 17.4. The van der Waals surface area contributed by atoms with Crippen LogP contribution < -0.4 is 24.4 Å². The number of fused-ring (bicyclic) bond motifs is 1. The Balaban J connectivity index is 1.72. The minimum absolute atomic E-state index is 0.0382. The Morgan fingerprint density at radius 1 is 1.17 bits per heavy atom. The molecule has 0 saturated carbocycles. The van der Waals surface area contributed by atoms with Gasteiger partial charge in [0.25, 0.3) is 5.91 Å². The van der Waals surface area contributed by atoms with Crippen LogP contribution in [0.4, 0.5) is 11.4 Å². The Morgan fingerprint density at radius 3 is 2.70 bits per heavy atom. The first-order valence-electron chi connectivity index (χ1n) is 9.84. The van der Waals surface area contributed by atoms with E-state index >= 15 is 0 Å². The number of hydrogen-bond acceptors (Lipinski definition) is 5. The SMILES string of the molecule is CCCCN1C(=O)COc2ccc(NC(=O)/C=C/c3ccc(OC)c(OC)c3)cc21. The maximum absolute atomic E-state index is 12.4. The second-order valence-electron chi connectivity index (χ2n) is 6.81. The molecule has 1 N–H and O–H groups in total. The number of ether oxygens (including phenoxy) is 3. The van der Waals surface area contributed by atoms with Crippen LogP contribution in [0.3, 0.4) is 0 Å². The third-order valence-corrected chi connectivity index (χ3v) is 4.74. The van der Waals surface area contributed by atoms with Crippen molar-refractivity contribution in [3.8, 4) is 17.2 Å². The zero-order valence-electron chi connectivity index (χ0n) is 17.4. The molecule has 1 aliphatic heterocycles. The normalized spacial score (nSPS) is 13.0. The van der Waals surface area contributed by atoms with E-state index in [1.807, 2.05) is 6.07 Å². The van der Waals surface area contributed by atoms with Gasteiger partial charge in [-0.05, 0) is 48.4 Å². The molecule has 7 nitrogen and oxygen atoms in total. The van der Waals surface area contributed by atoms with Gasteiger partial charge in [-0.3, -0.25) is 9.59 Å². The quantitative estimate of drug-likeness (QED) is 0.669. The molecule has 0 aliphatic carbocycles. The first-order chi connectivity index (χ1) is 14.5. The number of nitrogens with one attached hydrogen (secondary N) is 1. The van der Waals surface area contributed by atoms with E-state index in [0.29, 0.717) is 35.2 Å². The molecule has 1 heterocycles. The number of carbonyl (C=O) groups excluding carboxylic acids is 2. The highest BCUT2D eigenvalue weighted by molar-refractivity contribution is 6.03. The van der Waals surface area contributed by atoms with Gasteiger partial charge in [-0.2, -0.15) is 0 Å². The smallest absolute Gasteiger partial charge is 0.265 e. The molecule has 1 aliphatic rings. The molecule has 0 radical (unpaired) electrons. The number of amides is 2. The number of nitrogens with zero attached hydrogens (tertiary/aromatic N) is 1. The van der Waals surface area contributed by atoms with Crippen LogP contribution in [0.15, 0.2) is 42.5 Å². The fourth-order valence-electron chi connectivity index (χ4n) is 3.15. The summed E-state index contributed by atoms with van der Waals surface area (Å²) in [6.07, 6.45) is 5.01. The number of benzene rings is 2. The van der Waals surface area contributed by atoms with E-state index < -0.39 is 0 Å². The second kappa shape index (κ2) is 9.82. The van der Waals surface area contributed by atoms with E-state index in [9.17, 15) is 9.59 Å². The summed E-state index contributed by atoms with van der Waals surface area (Å²) in [6, 6.07) is 10.7. The highest BCUT2D eigenvalue weighted by Gasteiger charge is 2.25. The van der Waals surface area contributed by atoms with Gasteiger partial charge in [0.05, 0.1) is 19.9 Å². The standard InChI is InChI=1S/C23H26N2O5/c1-4-5-12-25-18-14-17(8-10-19(18)30-15-23(25)27)24-22(26)11-7-16-6-9-20(28-2)21(13-16)29-3/h6-11,13-14H,4-5,12,15H2,1-3H3,(H,24,26)/b11-7+. The lowest BCUT2D eigenvalue weighted by Crippen LogP contribution is -2.39. The Labute approximate surface area is 176 Å². The molecule has 158 valence electrons. The second-order valence-corrected chi connectivity index (χ2v) is 6.81. The van der Waals surface area contributed by atoms with E-state index in [1.54, 1.807) is 55.5 Å². The Morgan fingerprint density at radius 2 is 1.97 bits per heavy atom. The number of carbonyl (C=O) groups is 2. The number of unbranched alkanes of at least 4 members (excludes halogenated alkanes) is 1. The van der Waals surface area contributed by atoms with Crippen molar-refractivity contribution in [2.45, 2.75) is 19.8 Å². The third-order valence-electron chi connectivity index (χ3n) is 4.74. The fourth-order valence-corrected chi connectivity index (χ4v) is 3.15. The van der Waals surface area contributed by atoms with Crippen LogP contribution in [-0.4, -0.2) is 39.2 Å². The minimum atomic E-state index is -0.284. The Hall–Kier alpha value is -3.48. The molecule has 0 atom stereocenters. The predicted octanol–water partition coefficient (Wildman–Crippen LogP) is 3.88. The lowest BCUT2D eigenvalue weighted by atomic mass is 10.1. The molecule has 3 rings (SSSR count). The van der Waals surface area contributed by atoms with Gasteiger partial charge >= 0.3 is 0 Å². The van der Waals surface area contributed by atoms with Gasteiger partial charge in [-0.15, -0.1) is 0 Å². The van der Waals surface area contributed by atoms with Gasteiger partial charge < -0.3 is 24.4 Å². The van der Waals surface area contributed by atoms with Crippen LogP contribution in [-0.2, 0) is 9.59 Å². The van der Waals surface area contributed by atoms with Gasteiger partial charge in [-0.25, -0.2) is 0 Å². The number of anilines is 2. The largest absolute Gasteiger partial charge is 0.493 e. The topological polar surface area (TPSA) is 77.1 Å². The number of methoxy groups -OCH3 is 2. The van der Waals surface area contributed by atoms with Crippen LogP contribution in [0.2, 0.25) is 0 Å². The molecule has 2 aromatic rings. The minimum Gasteiger partial charge on any atom is -0.493 e. The van der Waals surface area contributed by atoms with E-state index in [4.69, 9.17) is 14.2 Å². The molecule has 2 aromatic carbocycles. The summed E-state index contributed by atoms with van der Waals surface area (Å²) < 4.78 is 16.0. The highest BCUT2D eigenvalue weighted by atomic mass is 16.5. The zero-order chi connectivity index (χ0) is 21.5. The highest BCUT2D eigenvalue weighted by Crippen LogP contribution is 2.35. The van der Waals surface area contributed by atoms with Crippen molar-refractivity contribution < 1.29 is 23.8 Å².